The molecule has 0 bridgehead atoms. The summed E-state index contributed by atoms with van der Waals surface area (Å²) in [4.78, 5) is 12.7. The van der Waals surface area contributed by atoms with E-state index in [1.165, 1.54) is 7.11 Å². The summed E-state index contributed by atoms with van der Waals surface area (Å²) in [6.45, 7) is 0. The molecule has 0 aliphatic carbocycles. The highest BCUT2D eigenvalue weighted by Crippen LogP contribution is 2.10. The van der Waals surface area contributed by atoms with Crippen LogP contribution in [-0.2, 0) is 9.53 Å². The van der Waals surface area contributed by atoms with Crippen LogP contribution in [0.1, 0.15) is 32.1 Å². The number of methoxy groups -OCH3 is 1. The second-order valence-electron chi connectivity index (χ2n) is 4.00. The van der Waals surface area contributed by atoms with Gasteiger partial charge in [-0.2, -0.15) is 0 Å². The van der Waals surface area contributed by atoms with E-state index < -0.39 is 0 Å². The van der Waals surface area contributed by atoms with E-state index in [4.69, 9.17) is 0 Å². The summed E-state index contributed by atoms with van der Waals surface area (Å²) in [5.41, 5.74) is 0. The molecule has 0 heterocycles. The van der Waals surface area contributed by atoms with Crippen LogP contribution in [-0.4, -0.2) is 13.1 Å². The molecule has 0 saturated carbocycles. The molecule has 0 saturated heterocycles. The van der Waals surface area contributed by atoms with E-state index in [1.807, 2.05) is 29.3 Å². The van der Waals surface area contributed by atoms with Gasteiger partial charge < -0.3 is 4.74 Å². The molecule has 0 aromatic heterocycles. The lowest BCUT2D eigenvalue weighted by molar-refractivity contribution is -0.140. The van der Waals surface area contributed by atoms with Crippen molar-refractivity contribution in [1.29, 1.82) is 0 Å². The van der Waals surface area contributed by atoms with Gasteiger partial charge in [-0.1, -0.05) is 68.0 Å². The minimum absolute atomic E-state index is 0.178. The number of hydrogen-bond donors (Lipinski definition) is 0. The van der Waals surface area contributed by atoms with Crippen LogP contribution in [0, 0.1) is 11.8 Å². The Morgan fingerprint density at radius 2 is 2.10 bits per heavy atom. The summed E-state index contributed by atoms with van der Waals surface area (Å²) in [5, 5.41) is 0. The molecule has 0 unspecified atom stereocenters. The highest BCUT2D eigenvalue weighted by Gasteiger charge is 1.96. The molecule has 0 aliphatic heterocycles. The van der Waals surface area contributed by atoms with Gasteiger partial charge in [-0.05, 0) is 36.4 Å². The van der Waals surface area contributed by atoms with Gasteiger partial charge in [0.15, 0.2) is 0 Å². The first-order valence-corrected chi connectivity index (χ1v) is 8.41. The van der Waals surface area contributed by atoms with Gasteiger partial charge in [-0.3, -0.25) is 4.79 Å². The minimum Gasteiger partial charge on any atom is -0.469 e. The van der Waals surface area contributed by atoms with Crippen LogP contribution in [0.5, 0.6) is 0 Å². The highest BCUT2D eigenvalue weighted by molar-refractivity contribution is 9.12. The summed E-state index contributed by atoms with van der Waals surface area (Å²) in [6, 6.07) is 0. The number of esters is 1. The molecule has 0 aliphatic rings. The average molecular weight is 416 g/mol. The summed E-state index contributed by atoms with van der Waals surface area (Å²) < 4.78 is 5.62. The number of ether oxygens (including phenoxy) is 1. The molecule has 0 atom stereocenters. The summed E-state index contributed by atoms with van der Waals surface area (Å²) in [5.74, 6) is 5.75. The first-order valence-electron chi connectivity index (χ1n) is 6.70. The molecule has 114 valence electrons. The number of unbranched alkanes of at least 4 members (excludes halogenated alkanes) is 2. The molecule has 0 spiro atoms. The SMILES string of the molecule is COC(=O)CCCC#CC=CC=CCCC=C(Br)C=CBr. The number of allylic oxidation sites excluding steroid dienone is 7. The van der Waals surface area contributed by atoms with E-state index in [0.717, 1.165) is 23.7 Å². The maximum Gasteiger partial charge on any atom is 0.305 e. The smallest absolute Gasteiger partial charge is 0.305 e. The van der Waals surface area contributed by atoms with E-state index in [1.54, 1.807) is 0 Å². The van der Waals surface area contributed by atoms with E-state index in [9.17, 15) is 4.79 Å². The largest absolute Gasteiger partial charge is 0.469 e. The van der Waals surface area contributed by atoms with Crippen LogP contribution >= 0.6 is 31.9 Å². The lowest BCUT2D eigenvalue weighted by Crippen LogP contribution is -1.98. The van der Waals surface area contributed by atoms with E-state index in [0.29, 0.717) is 12.8 Å². The van der Waals surface area contributed by atoms with Gasteiger partial charge in [0.1, 0.15) is 0 Å². The fraction of sp³-hybridized carbons (Fsp3) is 0.353. The molecule has 21 heavy (non-hydrogen) atoms. The Morgan fingerprint density at radius 3 is 2.81 bits per heavy atom. The van der Waals surface area contributed by atoms with Crippen molar-refractivity contribution in [1.82, 2.24) is 0 Å². The first-order chi connectivity index (χ1) is 10.2. The highest BCUT2D eigenvalue weighted by atomic mass is 79.9. The summed E-state index contributed by atoms with van der Waals surface area (Å²) in [6.07, 6.45) is 15.8. The molecule has 0 N–H and O–H groups in total. The molecule has 0 amide bonds. The molecule has 0 rings (SSSR count). The first kappa shape index (κ1) is 19.9. The Morgan fingerprint density at radius 1 is 1.29 bits per heavy atom. The quantitative estimate of drug-likeness (QED) is 0.229. The van der Waals surface area contributed by atoms with Gasteiger partial charge in [-0.25, -0.2) is 0 Å². The van der Waals surface area contributed by atoms with Crippen molar-refractivity contribution < 1.29 is 9.53 Å². The van der Waals surface area contributed by atoms with Crippen LogP contribution in [0.3, 0.4) is 0 Å². The second-order valence-corrected chi connectivity index (χ2v) is 5.44. The number of hydrogen-bond acceptors (Lipinski definition) is 2. The topological polar surface area (TPSA) is 26.3 Å². The standard InChI is InChI=1S/C17H20Br2O2/c1-21-17(20)13-11-9-7-5-3-2-4-6-8-10-12-16(19)14-15-18/h2-4,6,12,14-15H,8-11,13H2,1H3. The van der Waals surface area contributed by atoms with Crippen LogP contribution in [0.2, 0.25) is 0 Å². The van der Waals surface area contributed by atoms with Gasteiger partial charge in [0.25, 0.3) is 0 Å². The number of carbonyl (C=O) groups excluding carboxylic acids is 1. The maximum atomic E-state index is 10.8. The third-order valence-electron chi connectivity index (χ3n) is 2.33. The van der Waals surface area contributed by atoms with Gasteiger partial charge in [0, 0.05) is 17.3 Å². The lowest BCUT2D eigenvalue weighted by atomic mass is 10.2. The zero-order chi connectivity index (χ0) is 15.8. The number of rotatable bonds is 8. The predicted octanol–water partition coefficient (Wildman–Crippen LogP) is 5.41. The van der Waals surface area contributed by atoms with Crippen molar-refractivity contribution in [3.63, 3.8) is 0 Å². The van der Waals surface area contributed by atoms with Gasteiger partial charge in [0.05, 0.1) is 7.11 Å². The van der Waals surface area contributed by atoms with E-state index in [2.05, 4.69) is 60.6 Å². The Labute approximate surface area is 144 Å². The van der Waals surface area contributed by atoms with Crippen LogP contribution in [0.15, 0.2) is 45.9 Å². The molecule has 4 heteroatoms. The van der Waals surface area contributed by atoms with Crippen molar-refractivity contribution in [3.8, 4) is 11.8 Å². The molecular weight excluding hydrogens is 396 g/mol. The Kier molecular flexibility index (Phi) is 14.6. The Hall–Kier alpha value is -1.05. The molecular formula is C17H20Br2O2. The molecule has 0 aromatic carbocycles. The van der Waals surface area contributed by atoms with Crippen LogP contribution in [0.25, 0.3) is 0 Å². The third kappa shape index (κ3) is 15.2. The monoisotopic (exact) mass is 414 g/mol. The zero-order valence-electron chi connectivity index (χ0n) is 12.1. The summed E-state index contributed by atoms with van der Waals surface area (Å²) in [7, 11) is 1.40. The van der Waals surface area contributed by atoms with Crippen molar-refractivity contribution >= 4 is 37.8 Å². The van der Waals surface area contributed by atoms with Crippen LogP contribution < -0.4 is 0 Å². The fourth-order valence-electron chi connectivity index (χ4n) is 1.28. The van der Waals surface area contributed by atoms with Gasteiger partial charge in [-0.15, -0.1) is 0 Å². The van der Waals surface area contributed by atoms with E-state index in [-0.39, 0.29) is 5.97 Å². The van der Waals surface area contributed by atoms with E-state index >= 15 is 0 Å². The van der Waals surface area contributed by atoms with Crippen molar-refractivity contribution in [2.45, 2.75) is 32.1 Å². The molecule has 2 nitrogen and oxygen atoms in total. The molecule has 0 aromatic rings. The molecule has 0 radical (unpaired) electrons. The molecule has 0 fully saturated rings. The minimum atomic E-state index is -0.178. The van der Waals surface area contributed by atoms with Crippen molar-refractivity contribution in [2.24, 2.45) is 0 Å². The second kappa shape index (κ2) is 15.3. The Bertz CT molecular complexity index is 463. The maximum absolute atomic E-state index is 10.8. The van der Waals surface area contributed by atoms with Crippen molar-refractivity contribution in [3.05, 3.63) is 45.9 Å². The third-order valence-corrected chi connectivity index (χ3v) is 3.19. The van der Waals surface area contributed by atoms with Crippen LogP contribution in [0.4, 0.5) is 0 Å². The number of halogens is 2. The van der Waals surface area contributed by atoms with Gasteiger partial charge in [0.2, 0.25) is 0 Å². The fourth-order valence-corrected chi connectivity index (χ4v) is 2.28. The normalized spacial score (nSPS) is 12.0. The average Bonchev–Trinajstić information content (AvgIpc) is 2.48. The van der Waals surface area contributed by atoms with Gasteiger partial charge >= 0.3 is 5.97 Å². The van der Waals surface area contributed by atoms with Crippen molar-refractivity contribution in [2.75, 3.05) is 7.11 Å². The predicted molar refractivity (Wildman–Crippen MR) is 96.2 cm³/mol. The zero-order valence-corrected chi connectivity index (χ0v) is 15.3. The number of carbonyl (C=O) groups is 1. The lowest BCUT2D eigenvalue weighted by Gasteiger charge is -1.93. The summed E-state index contributed by atoms with van der Waals surface area (Å²) >= 11 is 6.66. The Balaban J connectivity index is 3.70.